The van der Waals surface area contributed by atoms with Gasteiger partial charge in [0.15, 0.2) is 11.9 Å². The normalized spacial score (nSPS) is 36.4. The quantitative estimate of drug-likeness (QED) is 0.559. The third-order valence-corrected chi connectivity index (χ3v) is 6.32. The predicted octanol–water partition coefficient (Wildman–Crippen LogP) is 2.87. The lowest BCUT2D eigenvalue weighted by atomic mass is 9.80. The molecule has 0 amide bonds. The molecule has 2 heterocycles. The van der Waals surface area contributed by atoms with Gasteiger partial charge in [0.1, 0.15) is 18.4 Å². The van der Waals surface area contributed by atoms with Crippen molar-refractivity contribution in [3.05, 3.63) is 11.9 Å². The second-order valence-electron chi connectivity index (χ2n) is 7.70. The van der Waals surface area contributed by atoms with Crippen LogP contribution in [0.1, 0.15) is 58.3 Å². The number of hydrogen-bond acceptors (Lipinski definition) is 3. The molecule has 2 fully saturated rings. The maximum absolute atomic E-state index is 11.4. The number of carbonyl (C=O) groups is 1. The first-order valence-corrected chi connectivity index (χ1v) is 9.11. The summed E-state index contributed by atoms with van der Waals surface area (Å²) in [6.07, 6.45) is 12.8. The van der Waals surface area contributed by atoms with Crippen molar-refractivity contribution in [1.29, 1.82) is 0 Å². The highest BCUT2D eigenvalue weighted by Crippen LogP contribution is 2.55. The molecular weight excluding hydrogens is 290 g/mol. The van der Waals surface area contributed by atoms with Crippen molar-refractivity contribution in [3.63, 3.8) is 0 Å². The number of carboxylic acids is 1. The van der Waals surface area contributed by atoms with Gasteiger partial charge in [-0.1, -0.05) is 13.3 Å². The molecule has 23 heavy (non-hydrogen) atoms. The predicted molar refractivity (Wildman–Crippen MR) is 90.7 cm³/mol. The summed E-state index contributed by atoms with van der Waals surface area (Å²) in [5.74, 6) is -0.180. The number of quaternary nitrogens is 1. The van der Waals surface area contributed by atoms with E-state index in [1.165, 1.54) is 32.1 Å². The topological polar surface area (TPSA) is 75.7 Å². The molecule has 0 aromatic carbocycles. The first-order chi connectivity index (χ1) is 11.0. The van der Waals surface area contributed by atoms with Crippen LogP contribution in [0.4, 0.5) is 0 Å². The minimum Gasteiger partial charge on any atom is -0.481 e. The average Bonchev–Trinajstić information content (AvgIpc) is 2.92. The van der Waals surface area contributed by atoms with Crippen molar-refractivity contribution in [2.24, 2.45) is 22.6 Å². The molecule has 2 spiro atoms. The molecule has 3 aliphatic rings. The summed E-state index contributed by atoms with van der Waals surface area (Å²) in [5, 5.41) is 9.38. The van der Waals surface area contributed by atoms with Crippen LogP contribution in [-0.4, -0.2) is 40.5 Å². The van der Waals surface area contributed by atoms with E-state index in [4.69, 9.17) is 5.73 Å². The fourth-order valence-corrected chi connectivity index (χ4v) is 4.54. The van der Waals surface area contributed by atoms with E-state index in [0.29, 0.717) is 24.9 Å². The van der Waals surface area contributed by atoms with Crippen molar-refractivity contribution in [2.75, 3.05) is 13.1 Å². The Morgan fingerprint density at radius 2 is 2.26 bits per heavy atom. The maximum Gasteiger partial charge on any atom is 0.306 e. The fourth-order valence-electron chi connectivity index (χ4n) is 4.54. The second-order valence-corrected chi connectivity index (χ2v) is 7.70. The second kappa shape index (κ2) is 6.36. The van der Waals surface area contributed by atoms with Gasteiger partial charge in [-0.3, -0.25) is 4.79 Å². The van der Waals surface area contributed by atoms with Gasteiger partial charge >= 0.3 is 5.97 Å². The summed E-state index contributed by atoms with van der Waals surface area (Å²) in [4.78, 5) is 16.0. The first-order valence-electron chi connectivity index (χ1n) is 9.11. The maximum atomic E-state index is 11.4. The van der Waals surface area contributed by atoms with Crippen LogP contribution in [-0.2, 0) is 4.79 Å². The van der Waals surface area contributed by atoms with Crippen LogP contribution in [0.2, 0.25) is 0 Å². The lowest BCUT2D eigenvalue weighted by molar-refractivity contribution is -0.667. The van der Waals surface area contributed by atoms with E-state index in [9.17, 15) is 9.90 Å². The van der Waals surface area contributed by atoms with Crippen molar-refractivity contribution < 1.29 is 14.4 Å². The zero-order chi connectivity index (χ0) is 16.5. The minimum atomic E-state index is -0.725. The van der Waals surface area contributed by atoms with Crippen molar-refractivity contribution in [2.45, 2.75) is 63.8 Å². The standard InChI is InChI=1S/C18H29N3O2/c1-2-14-5-7-18(8-6-14)12-21(18)11-16(20-13-21)10-15(17(22)23)4-3-9-19/h11,13-15H,2-10,12,19H2,1H3/p+1. The molecule has 1 saturated carbocycles. The van der Waals surface area contributed by atoms with Gasteiger partial charge in [-0.25, -0.2) is 9.48 Å². The number of rotatable bonds is 7. The Bertz CT molecular complexity index is 520. The van der Waals surface area contributed by atoms with Crippen LogP contribution in [0.5, 0.6) is 0 Å². The highest BCUT2D eigenvalue weighted by molar-refractivity contribution is 5.70. The monoisotopic (exact) mass is 320 g/mol. The molecule has 128 valence electrons. The molecule has 3 rings (SSSR count). The fraction of sp³-hybridized carbons (Fsp3) is 0.778. The van der Waals surface area contributed by atoms with Crippen LogP contribution >= 0.6 is 0 Å². The Morgan fingerprint density at radius 1 is 1.52 bits per heavy atom. The third kappa shape index (κ3) is 3.09. The third-order valence-electron chi connectivity index (χ3n) is 6.32. The Balaban J connectivity index is 1.61. The molecule has 1 saturated heterocycles. The van der Waals surface area contributed by atoms with Crippen LogP contribution < -0.4 is 5.73 Å². The van der Waals surface area contributed by atoms with Crippen molar-refractivity contribution in [1.82, 2.24) is 0 Å². The van der Waals surface area contributed by atoms with E-state index in [1.54, 1.807) is 0 Å². The highest BCUT2D eigenvalue weighted by Gasteiger charge is 2.69. The molecule has 5 heteroatoms. The number of fused-ring (bicyclic) bond motifs is 1. The molecule has 2 atom stereocenters. The number of aliphatic imine (C=N–C) groups is 1. The Kier molecular flexibility index (Phi) is 4.61. The molecule has 1 aliphatic carbocycles. The lowest BCUT2D eigenvalue weighted by Crippen LogP contribution is -2.32. The van der Waals surface area contributed by atoms with E-state index >= 15 is 0 Å². The van der Waals surface area contributed by atoms with Gasteiger partial charge in [0, 0.05) is 19.3 Å². The minimum absolute atomic E-state index is 0.355. The number of nitrogens with two attached hydrogens (primary N) is 1. The number of nitrogens with zero attached hydrogens (tertiary/aromatic N) is 2. The zero-order valence-corrected chi connectivity index (χ0v) is 14.2. The molecule has 3 N–H and O–H groups in total. The van der Waals surface area contributed by atoms with E-state index in [0.717, 1.165) is 29.1 Å². The number of allylic oxidation sites excluding steroid dienone is 1. The highest BCUT2D eigenvalue weighted by atomic mass is 16.4. The van der Waals surface area contributed by atoms with Crippen LogP contribution in [0.25, 0.3) is 0 Å². The molecule has 2 unspecified atom stereocenters. The molecule has 0 bridgehead atoms. The number of hydrogen-bond donors (Lipinski definition) is 2. The van der Waals surface area contributed by atoms with Crippen LogP contribution in [0, 0.1) is 11.8 Å². The number of carboxylic acid groups (broad SMARTS) is 1. The van der Waals surface area contributed by atoms with Gasteiger partial charge in [-0.15, -0.1) is 0 Å². The van der Waals surface area contributed by atoms with E-state index < -0.39 is 5.97 Å². The van der Waals surface area contributed by atoms with Gasteiger partial charge < -0.3 is 10.8 Å². The van der Waals surface area contributed by atoms with Crippen LogP contribution in [0.15, 0.2) is 16.9 Å². The van der Waals surface area contributed by atoms with E-state index in [1.807, 2.05) is 0 Å². The number of aliphatic carboxylic acids is 1. The smallest absolute Gasteiger partial charge is 0.306 e. The molecule has 0 aromatic heterocycles. The molecule has 2 aliphatic heterocycles. The molecule has 0 radical (unpaired) electrons. The molecule has 5 nitrogen and oxygen atoms in total. The van der Waals surface area contributed by atoms with Gasteiger partial charge in [0.25, 0.3) is 0 Å². The summed E-state index contributed by atoms with van der Waals surface area (Å²) in [6, 6.07) is 0. The van der Waals surface area contributed by atoms with Crippen LogP contribution in [0.3, 0.4) is 0 Å². The van der Waals surface area contributed by atoms with Gasteiger partial charge in [-0.2, -0.15) is 0 Å². The van der Waals surface area contributed by atoms with Gasteiger partial charge in [0.2, 0.25) is 0 Å². The summed E-state index contributed by atoms with van der Waals surface area (Å²) in [5.41, 5.74) is 6.86. The van der Waals surface area contributed by atoms with E-state index in [-0.39, 0.29) is 5.92 Å². The van der Waals surface area contributed by atoms with Gasteiger partial charge in [-0.05, 0) is 38.1 Å². The summed E-state index contributed by atoms with van der Waals surface area (Å²) < 4.78 is 0.891. The lowest BCUT2D eigenvalue weighted by Gasteiger charge is -2.27. The summed E-state index contributed by atoms with van der Waals surface area (Å²) in [7, 11) is 0. The van der Waals surface area contributed by atoms with Crippen molar-refractivity contribution in [3.8, 4) is 0 Å². The van der Waals surface area contributed by atoms with E-state index in [2.05, 4.69) is 24.5 Å². The average molecular weight is 320 g/mol. The largest absolute Gasteiger partial charge is 0.481 e. The van der Waals surface area contributed by atoms with Gasteiger partial charge in [0.05, 0.1) is 5.92 Å². The summed E-state index contributed by atoms with van der Waals surface area (Å²) >= 11 is 0. The Labute approximate surface area is 138 Å². The zero-order valence-electron chi connectivity index (χ0n) is 14.2. The SMILES string of the molecule is CCC1CCC2(CC1)C[N+]21C=NC(CC(CCCN)C(=O)O)=C1. The Hall–Kier alpha value is -1.20. The summed E-state index contributed by atoms with van der Waals surface area (Å²) in [6.45, 7) is 4.01. The Morgan fingerprint density at radius 3 is 2.87 bits per heavy atom. The first kappa shape index (κ1) is 16.7. The van der Waals surface area contributed by atoms with Crippen molar-refractivity contribution >= 4 is 12.3 Å². The molecular formula is C18H30N3O2+. The molecule has 0 aromatic rings.